The highest BCUT2D eigenvalue weighted by Gasteiger charge is 2.64. The maximum Gasteiger partial charge on any atom is 0.311 e. The number of aliphatic hydroxyl groups is 1. The summed E-state index contributed by atoms with van der Waals surface area (Å²) in [6, 6.07) is 9.23. The third kappa shape index (κ3) is 5.50. The summed E-state index contributed by atoms with van der Waals surface area (Å²) < 4.78 is 26.0. The molecule has 4 unspecified atom stereocenters. The summed E-state index contributed by atoms with van der Waals surface area (Å²) in [6.45, 7) is 8.35. The Hall–Kier alpha value is -2.13. The SMILES string of the molecule is CSc1ccc(CC(C)(C)NCC(O)CO[C@H](C)c2ccc(C)c3c2C2C(O3)C2C(=O)O)cc1F. The van der Waals surface area contributed by atoms with Crippen molar-refractivity contribution in [2.75, 3.05) is 19.4 Å². The van der Waals surface area contributed by atoms with E-state index in [0.717, 1.165) is 28.0 Å². The zero-order valence-corrected chi connectivity index (χ0v) is 21.6. The Balaban J connectivity index is 1.31. The molecule has 1 aliphatic heterocycles. The number of aryl methyl sites for hydroxylation is 1. The standard InChI is InChI=1S/C27H34FNO5S/c1-14-6-8-18(21-22-23(26(31)32)25(22)34-24(14)21)15(2)33-13-17(30)12-29-27(3,4)11-16-7-9-20(35-5)19(28)10-16/h6-10,15,17,22-23,25,29-30H,11-13H2,1-5H3,(H,31,32)/t15-,17?,22?,23?,25?/m1/s1. The molecule has 1 aliphatic carbocycles. The molecule has 0 bridgehead atoms. The van der Waals surface area contributed by atoms with E-state index < -0.39 is 18.0 Å². The molecule has 1 fully saturated rings. The first-order valence-corrected chi connectivity index (χ1v) is 13.1. The second kappa shape index (κ2) is 10.1. The fraction of sp³-hybridized carbons (Fsp3) is 0.519. The number of aliphatic hydroxyl groups excluding tert-OH is 1. The highest BCUT2D eigenvalue weighted by molar-refractivity contribution is 7.98. The van der Waals surface area contributed by atoms with Gasteiger partial charge in [0.05, 0.1) is 18.8 Å². The first kappa shape index (κ1) is 25.9. The van der Waals surface area contributed by atoms with E-state index in [2.05, 4.69) is 5.32 Å². The lowest BCUT2D eigenvalue weighted by Gasteiger charge is -2.28. The van der Waals surface area contributed by atoms with Crippen molar-refractivity contribution in [2.45, 2.75) is 68.8 Å². The molecule has 1 saturated carbocycles. The molecule has 0 amide bonds. The minimum absolute atomic E-state index is 0.126. The van der Waals surface area contributed by atoms with Crippen LogP contribution in [0.4, 0.5) is 4.39 Å². The van der Waals surface area contributed by atoms with Gasteiger partial charge in [-0.2, -0.15) is 0 Å². The normalized spacial score (nSPS) is 22.2. The van der Waals surface area contributed by atoms with Gasteiger partial charge >= 0.3 is 5.97 Å². The number of nitrogens with one attached hydrogen (secondary N) is 1. The summed E-state index contributed by atoms with van der Waals surface area (Å²) >= 11 is 1.38. The zero-order valence-electron chi connectivity index (χ0n) is 20.8. The van der Waals surface area contributed by atoms with Gasteiger partial charge in [-0.3, -0.25) is 4.79 Å². The minimum atomic E-state index is -0.835. The number of aliphatic carboxylic acids is 1. The molecule has 2 aromatic rings. The molecule has 2 aliphatic rings. The van der Waals surface area contributed by atoms with Gasteiger partial charge in [0, 0.05) is 28.5 Å². The Kier molecular flexibility index (Phi) is 7.48. The van der Waals surface area contributed by atoms with Crippen LogP contribution in [0.3, 0.4) is 0 Å². The lowest BCUT2D eigenvalue weighted by molar-refractivity contribution is -0.139. The molecule has 2 aromatic carbocycles. The Labute approximate surface area is 210 Å². The van der Waals surface area contributed by atoms with Gasteiger partial charge in [0.15, 0.2) is 0 Å². The number of thioether (sulfide) groups is 1. The quantitative estimate of drug-likeness (QED) is 0.390. The van der Waals surface area contributed by atoms with Crippen molar-refractivity contribution in [3.63, 3.8) is 0 Å². The van der Waals surface area contributed by atoms with Crippen molar-refractivity contribution in [1.29, 1.82) is 0 Å². The summed E-state index contributed by atoms with van der Waals surface area (Å²) in [5.41, 5.74) is 3.38. The molecule has 6 nitrogen and oxygen atoms in total. The minimum Gasteiger partial charge on any atom is -0.488 e. The van der Waals surface area contributed by atoms with Gasteiger partial charge < -0.3 is 25.0 Å². The number of rotatable bonds is 11. The Morgan fingerprint density at radius 3 is 2.71 bits per heavy atom. The first-order valence-electron chi connectivity index (χ1n) is 11.9. The van der Waals surface area contributed by atoms with E-state index in [-0.39, 0.29) is 36.1 Å². The van der Waals surface area contributed by atoms with Crippen LogP contribution in [-0.2, 0) is 16.0 Å². The van der Waals surface area contributed by atoms with Crippen LogP contribution in [0.25, 0.3) is 0 Å². The molecule has 0 radical (unpaired) electrons. The van der Waals surface area contributed by atoms with Crippen molar-refractivity contribution >= 4 is 17.7 Å². The van der Waals surface area contributed by atoms with E-state index in [0.29, 0.717) is 17.9 Å². The molecular formula is C27H34FNO5S. The fourth-order valence-corrected chi connectivity index (χ4v) is 5.43. The van der Waals surface area contributed by atoms with Crippen molar-refractivity contribution in [3.8, 4) is 5.75 Å². The van der Waals surface area contributed by atoms with Gasteiger partial charge in [-0.25, -0.2) is 4.39 Å². The number of β-amino-alcohol motifs (C(OH)–C–C–N with tert-alkyl or cyclic N) is 1. The number of fused-ring (bicyclic) bond motifs is 3. The van der Waals surface area contributed by atoms with Gasteiger partial charge in [0.25, 0.3) is 0 Å². The van der Waals surface area contributed by atoms with Crippen LogP contribution in [0, 0.1) is 18.7 Å². The monoisotopic (exact) mass is 503 g/mol. The number of hydrogen-bond donors (Lipinski definition) is 3. The van der Waals surface area contributed by atoms with Gasteiger partial charge in [-0.1, -0.05) is 18.2 Å². The van der Waals surface area contributed by atoms with E-state index in [4.69, 9.17) is 9.47 Å². The van der Waals surface area contributed by atoms with Crippen LogP contribution < -0.4 is 10.1 Å². The van der Waals surface area contributed by atoms with Crippen molar-refractivity contribution in [1.82, 2.24) is 5.32 Å². The zero-order chi connectivity index (χ0) is 25.5. The molecular weight excluding hydrogens is 469 g/mol. The summed E-state index contributed by atoms with van der Waals surface area (Å²) in [4.78, 5) is 12.1. The van der Waals surface area contributed by atoms with Crippen LogP contribution >= 0.6 is 11.8 Å². The van der Waals surface area contributed by atoms with Crippen LogP contribution in [0.15, 0.2) is 35.2 Å². The molecule has 1 heterocycles. The predicted molar refractivity (Wildman–Crippen MR) is 134 cm³/mol. The third-order valence-corrected chi connectivity index (χ3v) is 7.68. The second-order valence-corrected chi connectivity index (χ2v) is 11.1. The van der Waals surface area contributed by atoms with E-state index in [9.17, 15) is 19.4 Å². The maximum absolute atomic E-state index is 14.1. The smallest absolute Gasteiger partial charge is 0.311 e. The van der Waals surface area contributed by atoms with E-state index in [1.807, 2.05) is 52.1 Å². The number of halogens is 1. The molecule has 190 valence electrons. The molecule has 3 N–H and O–H groups in total. The highest BCUT2D eigenvalue weighted by Crippen LogP contribution is 2.61. The molecule has 0 saturated heterocycles. The van der Waals surface area contributed by atoms with Crippen LogP contribution in [-0.4, -0.2) is 53.3 Å². The Morgan fingerprint density at radius 1 is 1.31 bits per heavy atom. The van der Waals surface area contributed by atoms with Gasteiger partial charge in [0.2, 0.25) is 0 Å². The molecule has 0 spiro atoms. The molecule has 8 heteroatoms. The van der Waals surface area contributed by atoms with Crippen LogP contribution in [0.1, 0.15) is 55.0 Å². The maximum atomic E-state index is 14.1. The molecule has 5 atom stereocenters. The topological polar surface area (TPSA) is 88.0 Å². The Bertz CT molecular complexity index is 1110. The number of ether oxygens (including phenoxy) is 2. The van der Waals surface area contributed by atoms with Crippen molar-refractivity contribution in [3.05, 3.63) is 58.4 Å². The summed E-state index contributed by atoms with van der Waals surface area (Å²) in [5, 5.41) is 23.3. The molecule has 0 aromatic heterocycles. The lowest BCUT2D eigenvalue weighted by atomic mass is 9.94. The summed E-state index contributed by atoms with van der Waals surface area (Å²) in [5.74, 6) is -0.910. The fourth-order valence-electron chi connectivity index (χ4n) is 4.97. The van der Waals surface area contributed by atoms with E-state index in [1.165, 1.54) is 11.8 Å². The first-order chi connectivity index (χ1) is 16.5. The van der Waals surface area contributed by atoms with E-state index in [1.54, 1.807) is 12.1 Å². The number of hydrogen-bond acceptors (Lipinski definition) is 6. The average Bonchev–Trinajstić information content (AvgIpc) is 3.38. The number of carboxylic acid groups (broad SMARTS) is 1. The second-order valence-electron chi connectivity index (χ2n) is 10.2. The third-order valence-electron chi connectivity index (χ3n) is 6.91. The largest absolute Gasteiger partial charge is 0.488 e. The highest BCUT2D eigenvalue weighted by atomic mass is 32.2. The van der Waals surface area contributed by atoms with Gasteiger partial charge in [-0.15, -0.1) is 11.8 Å². The lowest BCUT2D eigenvalue weighted by Crippen LogP contribution is -2.46. The summed E-state index contributed by atoms with van der Waals surface area (Å²) in [6.07, 6.45) is 1.12. The van der Waals surface area contributed by atoms with Crippen LogP contribution in [0.2, 0.25) is 0 Å². The van der Waals surface area contributed by atoms with Gasteiger partial charge in [0.1, 0.15) is 23.6 Å². The average molecular weight is 504 g/mol. The van der Waals surface area contributed by atoms with Crippen molar-refractivity contribution < 1.29 is 28.9 Å². The predicted octanol–water partition coefficient (Wildman–Crippen LogP) is 4.46. The molecule has 4 rings (SSSR count). The number of carbonyl (C=O) groups is 1. The van der Waals surface area contributed by atoms with Crippen LogP contribution in [0.5, 0.6) is 5.75 Å². The molecule has 35 heavy (non-hydrogen) atoms. The van der Waals surface area contributed by atoms with E-state index >= 15 is 0 Å². The van der Waals surface area contributed by atoms with Crippen molar-refractivity contribution in [2.24, 2.45) is 5.92 Å². The Morgan fingerprint density at radius 2 is 2.06 bits per heavy atom. The summed E-state index contributed by atoms with van der Waals surface area (Å²) in [7, 11) is 0. The number of carboxylic acids is 1. The number of benzene rings is 2. The van der Waals surface area contributed by atoms with Gasteiger partial charge in [-0.05, 0) is 69.2 Å².